The van der Waals surface area contributed by atoms with Crippen LogP contribution in [0.15, 0.2) is 0 Å². The summed E-state index contributed by atoms with van der Waals surface area (Å²) in [6.45, 7) is 3.46. The van der Waals surface area contributed by atoms with Gasteiger partial charge in [0, 0.05) is 11.6 Å². The Balaban J connectivity index is 2.20. The first kappa shape index (κ1) is 14.9. The van der Waals surface area contributed by atoms with Crippen molar-refractivity contribution in [1.82, 2.24) is 10.2 Å². The topological polar surface area (TPSA) is 35.5 Å². The van der Waals surface area contributed by atoms with Crippen molar-refractivity contribution < 1.29 is 5.11 Å². The summed E-state index contributed by atoms with van der Waals surface area (Å²) < 4.78 is 0. The van der Waals surface area contributed by atoms with E-state index in [1.165, 1.54) is 32.1 Å². The molecule has 1 aliphatic carbocycles. The summed E-state index contributed by atoms with van der Waals surface area (Å²) in [5.41, 5.74) is -0.104. The maximum absolute atomic E-state index is 9.32. The Morgan fingerprint density at radius 3 is 2.47 bits per heavy atom. The van der Waals surface area contributed by atoms with Crippen LogP contribution in [0.4, 0.5) is 0 Å². The number of nitrogens with zero attached hydrogens (tertiary/aromatic N) is 1. The van der Waals surface area contributed by atoms with E-state index in [0.717, 1.165) is 25.4 Å². The maximum atomic E-state index is 9.32. The fourth-order valence-corrected chi connectivity index (χ4v) is 2.71. The summed E-state index contributed by atoms with van der Waals surface area (Å²) in [6, 6.07) is 0.804. The molecule has 1 fully saturated rings. The van der Waals surface area contributed by atoms with Crippen molar-refractivity contribution in [2.45, 2.75) is 63.5 Å². The Kier molecular flexibility index (Phi) is 6.45. The van der Waals surface area contributed by atoms with Crippen LogP contribution in [0.25, 0.3) is 0 Å². The third-order valence-electron chi connectivity index (χ3n) is 4.39. The van der Waals surface area contributed by atoms with Crippen LogP contribution in [-0.2, 0) is 0 Å². The first-order valence-corrected chi connectivity index (χ1v) is 7.11. The molecule has 0 aromatic rings. The van der Waals surface area contributed by atoms with Crippen LogP contribution in [0.3, 0.4) is 0 Å². The molecule has 1 saturated carbocycles. The number of nitrogens with one attached hydrogen (secondary N) is 1. The number of aliphatic hydroxyl groups is 1. The quantitative estimate of drug-likeness (QED) is 0.717. The van der Waals surface area contributed by atoms with E-state index < -0.39 is 0 Å². The number of hydrogen-bond acceptors (Lipinski definition) is 3. The lowest BCUT2D eigenvalue weighted by molar-refractivity contribution is 0.152. The lowest BCUT2D eigenvalue weighted by Gasteiger charge is -2.33. The highest BCUT2D eigenvalue weighted by Gasteiger charge is 2.22. The zero-order valence-corrected chi connectivity index (χ0v) is 11.8. The van der Waals surface area contributed by atoms with E-state index >= 15 is 0 Å². The molecule has 3 nitrogen and oxygen atoms in total. The monoisotopic (exact) mass is 242 g/mol. The lowest BCUT2D eigenvalue weighted by Crippen LogP contribution is -2.44. The molecule has 1 atom stereocenters. The second-order valence-electron chi connectivity index (χ2n) is 5.84. The first-order chi connectivity index (χ1) is 8.11. The van der Waals surface area contributed by atoms with E-state index in [2.05, 4.69) is 24.2 Å². The third-order valence-corrected chi connectivity index (χ3v) is 4.39. The fourth-order valence-electron chi connectivity index (χ4n) is 2.71. The van der Waals surface area contributed by atoms with Crippen LogP contribution in [-0.4, -0.2) is 48.8 Å². The van der Waals surface area contributed by atoms with Gasteiger partial charge in [0.25, 0.3) is 0 Å². The molecule has 0 amide bonds. The zero-order valence-electron chi connectivity index (χ0n) is 11.8. The molecule has 0 aliphatic heterocycles. The van der Waals surface area contributed by atoms with Gasteiger partial charge >= 0.3 is 0 Å². The smallest absolute Gasteiger partial charge is 0.0610 e. The van der Waals surface area contributed by atoms with Gasteiger partial charge in [0.2, 0.25) is 0 Å². The van der Waals surface area contributed by atoms with E-state index in [1.807, 2.05) is 7.05 Å². The minimum absolute atomic E-state index is 0.104. The normalized spacial score (nSPS) is 21.7. The van der Waals surface area contributed by atoms with Gasteiger partial charge in [-0.25, -0.2) is 0 Å². The molecule has 0 spiro atoms. The maximum Gasteiger partial charge on any atom is 0.0610 e. The highest BCUT2D eigenvalue weighted by Crippen LogP contribution is 2.22. The van der Waals surface area contributed by atoms with Crippen molar-refractivity contribution in [2.75, 3.05) is 27.2 Å². The molecule has 1 aliphatic rings. The van der Waals surface area contributed by atoms with Crippen molar-refractivity contribution in [3.05, 3.63) is 0 Å². The second-order valence-corrected chi connectivity index (χ2v) is 5.84. The Morgan fingerprint density at radius 1 is 1.29 bits per heavy atom. The highest BCUT2D eigenvalue weighted by molar-refractivity contribution is 4.81. The SMILES string of the molecule is CNC(C)(CO)CCCN(C)C1CCCCC1. The highest BCUT2D eigenvalue weighted by atomic mass is 16.3. The molecular weight excluding hydrogens is 212 g/mol. The van der Waals surface area contributed by atoms with E-state index in [9.17, 15) is 5.11 Å². The summed E-state index contributed by atoms with van der Waals surface area (Å²) in [7, 11) is 4.19. The van der Waals surface area contributed by atoms with Crippen LogP contribution in [0.1, 0.15) is 51.9 Å². The minimum Gasteiger partial charge on any atom is -0.394 e. The number of rotatable bonds is 7. The Bertz CT molecular complexity index is 198. The van der Waals surface area contributed by atoms with Gasteiger partial charge in [-0.05, 0) is 53.2 Å². The largest absolute Gasteiger partial charge is 0.394 e. The Morgan fingerprint density at radius 2 is 1.94 bits per heavy atom. The van der Waals surface area contributed by atoms with E-state index in [-0.39, 0.29) is 12.1 Å². The first-order valence-electron chi connectivity index (χ1n) is 7.11. The minimum atomic E-state index is -0.104. The molecule has 3 heteroatoms. The van der Waals surface area contributed by atoms with Gasteiger partial charge in [0.15, 0.2) is 0 Å². The second kappa shape index (κ2) is 7.34. The fraction of sp³-hybridized carbons (Fsp3) is 1.00. The number of hydrogen-bond donors (Lipinski definition) is 2. The zero-order chi connectivity index (χ0) is 12.7. The molecule has 17 heavy (non-hydrogen) atoms. The van der Waals surface area contributed by atoms with Crippen LogP contribution in [0.5, 0.6) is 0 Å². The summed E-state index contributed by atoms with van der Waals surface area (Å²) >= 11 is 0. The lowest BCUT2D eigenvalue weighted by atomic mass is 9.93. The third kappa shape index (κ3) is 4.94. The van der Waals surface area contributed by atoms with Crippen LogP contribution >= 0.6 is 0 Å². The average Bonchev–Trinajstić information content (AvgIpc) is 2.39. The van der Waals surface area contributed by atoms with Gasteiger partial charge in [0.1, 0.15) is 0 Å². The molecule has 102 valence electrons. The van der Waals surface area contributed by atoms with E-state index in [0.29, 0.717) is 0 Å². The molecule has 0 radical (unpaired) electrons. The molecule has 2 N–H and O–H groups in total. The van der Waals surface area contributed by atoms with Crippen molar-refractivity contribution >= 4 is 0 Å². The molecule has 0 aromatic carbocycles. The summed E-state index contributed by atoms with van der Waals surface area (Å²) in [4.78, 5) is 2.52. The molecule has 0 heterocycles. The predicted octanol–water partition coefficient (Wildman–Crippen LogP) is 2.00. The Labute approximate surface area is 107 Å². The van der Waals surface area contributed by atoms with Gasteiger partial charge in [-0.2, -0.15) is 0 Å². The molecule has 0 bridgehead atoms. The van der Waals surface area contributed by atoms with Gasteiger partial charge in [-0.1, -0.05) is 19.3 Å². The average molecular weight is 242 g/mol. The molecule has 1 rings (SSSR count). The molecular formula is C14H30N2O. The predicted molar refractivity (Wildman–Crippen MR) is 73.3 cm³/mol. The van der Waals surface area contributed by atoms with Crippen LogP contribution in [0, 0.1) is 0 Å². The van der Waals surface area contributed by atoms with Crippen molar-refractivity contribution in [1.29, 1.82) is 0 Å². The van der Waals surface area contributed by atoms with Gasteiger partial charge < -0.3 is 15.3 Å². The summed E-state index contributed by atoms with van der Waals surface area (Å²) in [5.74, 6) is 0. The van der Waals surface area contributed by atoms with Crippen molar-refractivity contribution in [3.63, 3.8) is 0 Å². The number of likely N-dealkylation sites (N-methyl/N-ethyl adjacent to an activating group) is 1. The van der Waals surface area contributed by atoms with Gasteiger partial charge in [0.05, 0.1) is 6.61 Å². The van der Waals surface area contributed by atoms with Gasteiger partial charge in [-0.3, -0.25) is 0 Å². The Hall–Kier alpha value is -0.120. The van der Waals surface area contributed by atoms with E-state index in [4.69, 9.17) is 0 Å². The van der Waals surface area contributed by atoms with Crippen LogP contribution in [0.2, 0.25) is 0 Å². The van der Waals surface area contributed by atoms with Crippen molar-refractivity contribution in [2.24, 2.45) is 0 Å². The van der Waals surface area contributed by atoms with Crippen molar-refractivity contribution in [3.8, 4) is 0 Å². The van der Waals surface area contributed by atoms with Gasteiger partial charge in [-0.15, -0.1) is 0 Å². The summed E-state index contributed by atoms with van der Waals surface area (Å²) in [6.07, 6.45) is 9.17. The molecule has 1 unspecified atom stereocenters. The van der Waals surface area contributed by atoms with Crippen LogP contribution < -0.4 is 5.32 Å². The number of aliphatic hydroxyl groups excluding tert-OH is 1. The summed E-state index contributed by atoms with van der Waals surface area (Å²) in [5, 5.41) is 12.5. The molecule has 0 saturated heterocycles. The van der Waals surface area contributed by atoms with E-state index in [1.54, 1.807) is 0 Å². The molecule has 0 aromatic heterocycles. The standard InChI is InChI=1S/C14H30N2O/c1-14(12-17,15-2)10-7-11-16(3)13-8-5-4-6-9-13/h13,15,17H,4-12H2,1-3H3.